The molecule has 4 heteroatoms. The Morgan fingerprint density at radius 1 is 1.47 bits per heavy atom. The molecule has 0 spiro atoms. The number of allylic oxidation sites excluding steroid dienone is 1. The van der Waals surface area contributed by atoms with Crippen LogP contribution in [0.4, 0.5) is 0 Å². The van der Waals surface area contributed by atoms with E-state index in [9.17, 15) is 9.90 Å². The Labute approximate surface area is 113 Å². The minimum atomic E-state index is -1.00. The molecule has 0 fully saturated rings. The van der Waals surface area contributed by atoms with Gasteiger partial charge in [0.15, 0.2) is 5.78 Å². The number of Topliss-reactive ketones (excluding diaryl/α,β-unsaturated/α-hetero) is 1. The number of rotatable bonds is 7. The van der Waals surface area contributed by atoms with E-state index in [0.717, 1.165) is 18.4 Å². The van der Waals surface area contributed by atoms with Crippen molar-refractivity contribution in [1.29, 1.82) is 0 Å². The lowest BCUT2D eigenvalue weighted by Gasteiger charge is -2.14. The van der Waals surface area contributed by atoms with E-state index in [1.54, 1.807) is 31.2 Å². The van der Waals surface area contributed by atoms with Gasteiger partial charge >= 0.3 is 0 Å². The van der Waals surface area contributed by atoms with Gasteiger partial charge < -0.3 is 14.9 Å². The maximum atomic E-state index is 11.5. The first kappa shape index (κ1) is 15.4. The normalized spacial score (nSPS) is 12.6. The molecular weight excluding hydrogens is 244 g/mol. The van der Waals surface area contributed by atoms with E-state index in [2.05, 4.69) is 0 Å². The molecule has 0 saturated carbocycles. The van der Waals surface area contributed by atoms with Crippen molar-refractivity contribution in [3.63, 3.8) is 0 Å². The van der Waals surface area contributed by atoms with E-state index in [4.69, 9.17) is 9.84 Å². The Balaban J connectivity index is 3.00. The van der Waals surface area contributed by atoms with Gasteiger partial charge in [0.25, 0.3) is 0 Å². The van der Waals surface area contributed by atoms with Crippen LogP contribution in [-0.4, -0.2) is 28.9 Å². The third-order valence-electron chi connectivity index (χ3n) is 2.65. The van der Waals surface area contributed by atoms with Crippen LogP contribution in [0.25, 0.3) is 0 Å². The quantitative estimate of drug-likeness (QED) is 0.449. The molecule has 19 heavy (non-hydrogen) atoms. The number of benzene rings is 1. The van der Waals surface area contributed by atoms with Crippen molar-refractivity contribution in [1.82, 2.24) is 0 Å². The van der Waals surface area contributed by atoms with Gasteiger partial charge in [-0.15, -0.1) is 0 Å². The van der Waals surface area contributed by atoms with Gasteiger partial charge in [0.2, 0.25) is 6.29 Å². The maximum Gasteiger partial charge on any atom is 0.217 e. The van der Waals surface area contributed by atoms with Crippen molar-refractivity contribution in [2.45, 2.75) is 33.0 Å². The van der Waals surface area contributed by atoms with Crippen LogP contribution < -0.4 is 4.74 Å². The zero-order valence-corrected chi connectivity index (χ0v) is 11.3. The Kier molecular flexibility index (Phi) is 6.25. The summed E-state index contributed by atoms with van der Waals surface area (Å²) >= 11 is 0. The number of carbonyl (C=O) groups is 1. The molecule has 1 atom stereocenters. The van der Waals surface area contributed by atoms with E-state index in [1.807, 2.05) is 6.92 Å². The average Bonchev–Trinajstić information content (AvgIpc) is 2.40. The standard InChI is InChI=1S/C15H20O4/c1-3-5-12-9-11(13(17)10-16)7-8-14(12)19-15(18)6-4-2/h4,6-9,15-16,18H,3,5,10H2,1-2H3/b6-4-. The first-order valence-electron chi connectivity index (χ1n) is 6.36. The van der Waals surface area contributed by atoms with Crippen LogP contribution in [0.1, 0.15) is 36.2 Å². The lowest BCUT2D eigenvalue weighted by atomic mass is 10.0. The highest BCUT2D eigenvalue weighted by molar-refractivity contribution is 5.97. The number of ether oxygens (including phenoxy) is 1. The summed E-state index contributed by atoms with van der Waals surface area (Å²) in [6, 6.07) is 4.95. The number of aliphatic hydroxyl groups excluding tert-OH is 2. The van der Waals surface area contributed by atoms with Gasteiger partial charge in [-0.3, -0.25) is 4.79 Å². The van der Waals surface area contributed by atoms with Gasteiger partial charge in [-0.1, -0.05) is 19.4 Å². The van der Waals surface area contributed by atoms with Gasteiger partial charge in [-0.05, 0) is 43.2 Å². The van der Waals surface area contributed by atoms with Gasteiger partial charge in [0.05, 0.1) is 0 Å². The molecule has 0 aromatic heterocycles. The van der Waals surface area contributed by atoms with E-state index in [1.165, 1.54) is 6.08 Å². The fourth-order valence-corrected chi connectivity index (χ4v) is 1.76. The Hall–Kier alpha value is -1.65. The summed E-state index contributed by atoms with van der Waals surface area (Å²) in [4.78, 5) is 11.5. The second-order valence-electron chi connectivity index (χ2n) is 4.19. The van der Waals surface area contributed by atoms with Crippen LogP contribution in [-0.2, 0) is 6.42 Å². The molecule has 0 saturated heterocycles. The molecule has 0 aliphatic rings. The number of hydrogen-bond acceptors (Lipinski definition) is 4. The maximum absolute atomic E-state index is 11.5. The van der Waals surface area contributed by atoms with E-state index in [-0.39, 0.29) is 5.78 Å². The topological polar surface area (TPSA) is 66.8 Å². The second-order valence-corrected chi connectivity index (χ2v) is 4.19. The molecule has 0 aliphatic carbocycles. The third kappa shape index (κ3) is 4.50. The summed E-state index contributed by atoms with van der Waals surface area (Å²) in [6.07, 6.45) is 3.87. The van der Waals surface area contributed by atoms with Crippen molar-refractivity contribution in [3.05, 3.63) is 41.5 Å². The number of aryl methyl sites for hydroxylation is 1. The minimum absolute atomic E-state index is 0.321. The van der Waals surface area contributed by atoms with Crippen molar-refractivity contribution < 1.29 is 19.7 Å². The fraction of sp³-hybridized carbons (Fsp3) is 0.400. The Morgan fingerprint density at radius 2 is 2.21 bits per heavy atom. The van der Waals surface area contributed by atoms with E-state index < -0.39 is 12.9 Å². The SMILES string of the molecule is C/C=C\C(O)Oc1ccc(C(=O)CO)cc1CCC. The molecule has 0 radical (unpaired) electrons. The summed E-state index contributed by atoms with van der Waals surface area (Å²) in [5, 5.41) is 18.5. The lowest BCUT2D eigenvalue weighted by molar-refractivity contribution is 0.0239. The summed E-state index contributed by atoms with van der Waals surface area (Å²) in [5.41, 5.74) is 1.31. The summed E-state index contributed by atoms with van der Waals surface area (Å²) in [5.74, 6) is 0.236. The first-order valence-corrected chi connectivity index (χ1v) is 6.36. The highest BCUT2D eigenvalue weighted by Gasteiger charge is 2.11. The van der Waals surface area contributed by atoms with E-state index >= 15 is 0 Å². The number of ketones is 1. The van der Waals surface area contributed by atoms with Crippen LogP contribution in [0.5, 0.6) is 5.75 Å². The first-order chi connectivity index (χ1) is 9.12. The van der Waals surface area contributed by atoms with Gasteiger partial charge in [0, 0.05) is 5.56 Å². The van der Waals surface area contributed by atoms with Crippen molar-refractivity contribution in [2.24, 2.45) is 0 Å². The monoisotopic (exact) mass is 264 g/mol. The predicted molar refractivity (Wildman–Crippen MR) is 73.3 cm³/mol. The number of aliphatic hydroxyl groups is 2. The molecule has 4 nitrogen and oxygen atoms in total. The molecule has 0 bridgehead atoms. The Bertz CT molecular complexity index is 451. The molecule has 2 N–H and O–H groups in total. The van der Waals surface area contributed by atoms with Crippen LogP contribution in [0.2, 0.25) is 0 Å². The molecule has 1 rings (SSSR count). The smallest absolute Gasteiger partial charge is 0.217 e. The van der Waals surface area contributed by atoms with Crippen LogP contribution in [0.3, 0.4) is 0 Å². The Morgan fingerprint density at radius 3 is 2.79 bits per heavy atom. The van der Waals surface area contributed by atoms with Crippen LogP contribution in [0.15, 0.2) is 30.4 Å². The summed E-state index contributed by atoms with van der Waals surface area (Å²) in [6.45, 7) is 3.31. The third-order valence-corrected chi connectivity index (χ3v) is 2.65. The molecule has 1 unspecified atom stereocenters. The second kappa shape index (κ2) is 7.71. The summed E-state index contributed by atoms with van der Waals surface area (Å²) in [7, 11) is 0. The molecule has 1 aromatic rings. The molecule has 0 amide bonds. The largest absolute Gasteiger partial charge is 0.461 e. The average molecular weight is 264 g/mol. The molecule has 104 valence electrons. The zero-order valence-electron chi connectivity index (χ0n) is 11.3. The lowest BCUT2D eigenvalue weighted by Crippen LogP contribution is -2.13. The van der Waals surface area contributed by atoms with Crippen molar-refractivity contribution >= 4 is 5.78 Å². The van der Waals surface area contributed by atoms with Crippen LogP contribution in [0, 0.1) is 0 Å². The highest BCUT2D eigenvalue weighted by atomic mass is 16.6. The molecular formula is C15H20O4. The summed E-state index contributed by atoms with van der Waals surface area (Å²) < 4.78 is 5.40. The fourth-order valence-electron chi connectivity index (χ4n) is 1.76. The van der Waals surface area contributed by atoms with Crippen molar-refractivity contribution in [2.75, 3.05) is 6.61 Å². The predicted octanol–water partition coefficient (Wildman–Crippen LogP) is 2.09. The van der Waals surface area contributed by atoms with Gasteiger partial charge in [0.1, 0.15) is 12.4 Å². The molecule has 1 aromatic carbocycles. The van der Waals surface area contributed by atoms with Crippen molar-refractivity contribution in [3.8, 4) is 5.75 Å². The van der Waals surface area contributed by atoms with Gasteiger partial charge in [-0.2, -0.15) is 0 Å². The highest BCUT2D eigenvalue weighted by Crippen LogP contribution is 2.23. The van der Waals surface area contributed by atoms with Gasteiger partial charge in [-0.25, -0.2) is 0 Å². The number of hydrogen-bond donors (Lipinski definition) is 2. The molecule has 0 heterocycles. The molecule has 0 aliphatic heterocycles. The van der Waals surface area contributed by atoms with E-state index in [0.29, 0.717) is 11.3 Å². The minimum Gasteiger partial charge on any atom is -0.461 e. The number of carbonyl (C=O) groups excluding carboxylic acids is 1. The van der Waals surface area contributed by atoms with Crippen LogP contribution >= 0.6 is 0 Å². The zero-order chi connectivity index (χ0) is 14.3.